The third-order valence-corrected chi connectivity index (χ3v) is 3.86. The summed E-state index contributed by atoms with van der Waals surface area (Å²) >= 11 is 0. The van der Waals surface area contributed by atoms with Crippen molar-refractivity contribution < 1.29 is 9.21 Å². The molecule has 0 aliphatic carbocycles. The molecule has 23 heavy (non-hydrogen) atoms. The third-order valence-electron chi connectivity index (χ3n) is 3.86. The van der Waals surface area contributed by atoms with Crippen LogP contribution in [0.15, 0.2) is 28.9 Å². The van der Waals surface area contributed by atoms with E-state index >= 15 is 0 Å². The maximum Gasteiger partial charge on any atom is 0.270 e. The summed E-state index contributed by atoms with van der Waals surface area (Å²) < 4.78 is 5.21. The summed E-state index contributed by atoms with van der Waals surface area (Å²) in [5.41, 5.74) is 1.18. The van der Waals surface area contributed by atoms with Gasteiger partial charge in [0.25, 0.3) is 5.91 Å². The van der Waals surface area contributed by atoms with Gasteiger partial charge in [0.05, 0.1) is 12.8 Å². The number of rotatable bonds is 4. The number of likely N-dealkylation sites (N-methyl/N-ethyl adjacent to an activating group) is 1. The van der Waals surface area contributed by atoms with Crippen LogP contribution in [0.3, 0.4) is 0 Å². The van der Waals surface area contributed by atoms with Crippen LogP contribution < -0.4 is 10.2 Å². The molecule has 7 nitrogen and oxygen atoms in total. The average molecular weight is 315 g/mol. The highest BCUT2D eigenvalue weighted by molar-refractivity contribution is 5.92. The van der Waals surface area contributed by atoms with Gasteiger partial charge in [-0.1, -0.05) is 0 Å². The Bertz CT molecular complexity index is 663. The third kappa shape index (κ3) is 3.87. The topological polar surface area (TPSA) is 74.5 Å². The zero-order chi connectivity index (χ0) is 16.2. The molecule has 1 aliphatic rings. The number of hydrogen-bond donors (Lipinski definition) is 1. The minimum atomic E-state index is -0.220. The normalized spacial score (nSPS) is 15.7. The fourth-order valence-corrected chi connectivity index (χ4v) is 2.49. The van der Waals surface area contributed by atoms with Gasteiger partial charge in [0.2, 0.25) is 5.95 Å². The van der Waals surface area contributed by atoms with Crippen LogP contribution in [0.5, 0.6) is 0 Å². The van der Waals surface area contributed by atoms with Crippen molar-refractivity contribution in [3.63, 3.8) is 0 Å². The molecule has 1 saturated heterocycles. The first-order valence-corrected chi connectivity index (χ1v) is 7.71. The van der Waals surface area contributed by atoms with Crippen molar-refractivity contribution in [3.05, 3.63) is 41.6 Å². The van der Waals surface area contributed by atoms with Gasteiger partial charge in [-0.3, -0.25) is 4.79 Å². The molecule has 2 aromatic heterocycles. The Morgan fingerprint density at radius 2 is 2.09 bits per heavy atom. The van der Waals surface area contributed by atoms with Crippen LogP contribution in [0.4, 0.5) is 5.95 Å². The smallest absolute Gasteiger partial charge is 0.270 e. The number of carbonyl (C=O) groups is 1. The van der Waals surface area contributed by atoms with E-state index in [1.54, 1.807) is 18.4 Å². The SMILES string of the molecule is Cc1cc(C(=O)NCc2ccco2)nc(N2CCN(C)CC2)n1. The van der Waals surface area contributed by atoms with Crippen molar-refractivity contribution in [2.24, 2.45) is 0 Å². The second-order valence-corrected chi connectivity index (χ2v) is 5.75. The molecule has 0 spiro atoms. The highest BCUT2D eigenvalue weighted by Crippen LogP contribution is 2.13. The molecule has 1 fully saturated rings. The van der Waals surface area contributed by atoms with Crippen molar-refractivity contribution in [1.29, 1.82) is 0 Å². The summed E-state index contributed by atoms with van der Waals surface area (Å²) in [6.45, 7) is 5.90. The lowest BCUT2D eigenvalue weighted by molar-refractivity contribution is 0.0942. The molecule has 0 unspecified atom stereocenters. The minimum absolute atomic E-state index is 0.220. The number of amides is 1. The summed E-state index contributed by atoms with van der Waals surface area (Å²) in [6, 6.07) is 5.32. The number of carbonyl (C=O) groups excluding carboxylic acids is 1. The maximum atomic E-state index is 12.3. The van der Waals surface area contributed by atoms with E-state index in [1.807, 2.05) is 13.0 Å². The van der Waals surface area contributed by atoms with Gasteiger partial charge in [-0.2, -0.15) is 0 Å². The van der Waals surface area contributed by atoms with Crippen molar-refractivity contribution in [3.8, 4) is 0 Å². The van der Waals surface area contributed by atoms with E-state index in [4.69, 9.17) is 4.42 Å². The molecule has 1 amide bonds. The van der Waals surface area contributed by atoms with Crippen LogP contribution >= 0.6 is 0 Å². The predicted octanol–water partition coefficient (Wildman–Crippen LogP) is 1.06. The van der Waals surface area contributed by atoms with Crippen LogP contribution in [-0.4, -0.2) is 54.0 Å². The highest BCUT2D eigenvalue weighted by atomic mass is 16.3. The van der Waals surface area contributed by atoms with Crippen molar-refractivity contribution in [2.45, 2.75) is 13.5 Å². The van der Waals surface area contributed by atoms with Crippen molar-refractivity contribution in [1.82, 2.24) is 20.2 Å². The molecule has 0 aromatic carbocycles. The van der Waals surface area contributed by atoms with Gasteiger partial charge in [-0.15, -0.1) is 0 Å². The summed E-state index contributed by atoms with van der Waals surface area (Å²) in [7, 11) is 2.10. The number of anilines is 1. The van der Waals surface area contributed by atoms with Gasteiger partial charge in [-0.25, -0.2) is 9.97 Å². The summed E-state index contributed by atoms with van der Waals surface area (Å²) in [4.78, 5) is 25.6. The molecule has 7 heteroatoms. The van der Waals surface area contributed by atoms with E-state index in [0.29, 0.717) is 23.9 Å². The van der Waals surface area contributed by atoms with Crippen LogP contribution in [0, 0.1) is 6.92 Å². The molecule has 0 atom stereocenters. The number of furan rings is 1. The van der Waals surface area contributed by atoms with Crippen LogP contribution in [0.25, 0.3) is 0 Å². The molecule has 0 bridgehead atoms. The number of aromatic nitrogens is 2. The Kier molecular flexibility index (Phi) is 4.57. The fraction of sp³-hybridized carbons (Fsp3) is 0.438. The van der Waals surface area contributed by atoms with Gasteiger partial charge >= 0.3 is 0 Å². The molecular formula is C16H21N5O2. The molecule has 0 radical (unpaired) electrons. The number of aryl methyl sites for hydroxylation is 1. The van der Waals surface area contributed by atoms with E-state index < -0.39 is 0 Å². The van der Waals surface area contributed by atoms with Crippen LogP contribution in [-0.2, 0) is 6.54 Å². The number of hydrogen-bond acceptors (Lipinski definition) is 6. The standard InChI is InChI=1S/C16H21N5O2/c1-12-10-14(15(22)17-11-13-4-3-9-23-13)19-16(18-12)21-7-5-20(2)6-8-21/h3-4,9-10H,5-8,11H2,1-2H3,(H,17,22). The van der Waals surface area contributed by atoms with Gasteiger partial charge in [0.1, 0.15) is 11.5 Å². The van der Waals surface area contributed by atoms with E-state index in [0.717, 1.165) is 31.9 Å². The zero-order valence-electron chi connectivity index (χ0n) is 13.5. The first-order chi connectivity index (χ1) is 11.1. The minimum Gasteiger partial charge on any atom is -0.467 e. The van der Waals surface area contributed by atoms with Gasteiger partial charge < -0.3 is 19.5 Å². The first kappa shape index (κ1) is 15.5. The Morgan fingerprint density at radius 1 is 1.30 bits per heavy atom. The lowest BCUT2D eigenvalue weighted by atomic mass is 10.3. The lowest BCUT2D eigenvalue weighted by Crippen LogP contribution is -2.45. The molecule has 1 N–H and O–H groups in total. The Morgan fingerprint density at radius 3 is 2.78 bits per heavy atom. The van der Waals surface area contributed by atoms with Crippen LogP contribution in [0.1, 0.15) is 21.9 Å². The Hall–Kier alpha value is -2.41. The molecule has 2 aromatic rings. The van der Waals surface area contributed by atoms with Crippen LogP contribution in [0.2, 0.25) is 0 Å². The molecule has 0 saturated carbocycles. The molecule has 122 valence electrons. The number of nitrogens with one attached hydrogen (secondary N) is 1. The summed E-state index contributed by atoms with van der Waals surface area (Å²) in [5, 5.41) is 2.82. The quantitative estimate of drug-likeness (QED) is 0.909. The van der Waals surface area contributed by atoms with Gasteiger partial charge in [0.15, 0.2) is 0 Å². The zero-order valence-corrected chi connectivity index (χ0v) is 13.5. The average Bonchev–Trinajstić information content (AvgIpc) is 3.06. The Labute approximate surface area is 135 Å². The predicted molar refractivity (Wildman–Crippen MR) is 86.4 cm³/mol. The molecular weight excluding hydrogens is 294 g/mol. The van der Waals surface area contributed by atoms with Gasteiger partial charge in [0, 0.05) is 31.9 Å². The van der Waals surface area contributed by atoms with E-state index in [-0.39, 0.29) is 5.91 Å². The lowest BCUT2D eigenvalue weighted by Gasteiger charge is -2.32. The second-order valence-electron chi connectivity index (χ2n) is 5.75. The maximum absolute atomic E-state index is 12.3. The molecule has 1 aliphatic heterocycles. The number of piperazine rings is 1. The Balaban J connectivity index is 1.70. The van der Waals surface area contributed by atoms with Crippen molar-refractivity contribution in [2.75, 3.05) is 38.1 Å². The second kappa shape index (κ2) is 6.78. The highest BCUT2D eigenvalue weighted by Gasteiger charge is 2.19. The molecule has 3 heterocycles. The first-order valence-electron chi connectivity index (χ1n) is 7.71. The van der Waals surface area contributed by atoms with E-state index in [2.05, 4.69) is 32.1 Å². The van der Waals surface area contributed by atoms with Gasteiger partial charge in [-0.05, 0) is 32.2 Å². The largest absolute Gasteiger partial charge is 0.467 e. The molecule has 3 rings (SSSR count). The summed E-state index contributed by atoms with van der Waals surface area (Å²) in [6.07, 6.45) is 1.59. The van der Waals surface area contributed by atoms with E-state index in [1.165, 1.54) is 0 Å². The van der Waals surface area contributed by atoms with Crippen molar-refractivity contribution >= 4 is 11.9 Å². The monoisotopic (exact) mass is 315 g/mol. The van der Waals surface area contributed by atoms with E-state index in [9.17, 15) is 4.79 Å². The fourth-order valence-electron chi connectivity index (χ4n) is 2.49. The summed E-state index contributed by atoms with van der Waals surface area (Å²) in [5.74, 6) is 1.12. The number of nitrogens with zero attached hydrogens (tertiary/aromatic N) is 4.